The van der Waals surface area contributed by atoms with Crippen LogP contribution in [0.1, 0.15) is 28.0 Å². The number of aryl methyl sites for hydroxylation is 2. The van der Waals surface area contributed by atoms with E-state index in [-0.39, 0.29) is 0 Å². The summed E-state index contributed by atoms with van der Waals surface area (Å²) in [6, 6.07) is 0.526. The highest BCUT2D eigenvalue weighted by Crippen LogP contribution is 2.30. The lowest BCUT2D eigenvalue weighted by molar-refractivity contribution is 0.0907. The van der Waals surface area contributed by atoms with Gasteiger partial charge in [0.1, 0.15) is 5.01 Å². The fourth-order valence-electron chi connectivity index (χ4n) is 2.86. The van der Waals surface area contributed by atoms with Crippen molar-refractivity contribution in [2.45, 2.75) is 31.8 Å². The zero-order valence-corrected chi connectivity index (χ0v) is 13.0. The minimum Gasteiger partial charge on any atom is -0.292 e. The van der Waals surface area contributed by atoms with E-state index >= 15 is 0 Å². The number of thiazole rings is 1. The molecule has 0 atom stereocenters. The van der Waals surface area contributed by atoms with Gasteiger partial charge in [-0.15, -0.1) is 11.3 Å². The SMILES string of the molecule is Brc1cnn(C2CN(Cc3nc4c(s3)CCC4)C2)c1. The highest BCUT2D eigenvalue weighted by molar-refractivity contribution is 9.10. The number of aromatic nitrogens is 3. The number of halogens is 1. The van der Waals surface area contributed by atoms with Crippen LogP contribution < -0.4 is 0 Å². The zero-order chi connectivity index (χ0) is 12.8. The number of rotatable bonds is 3. The molecule has 3 heterocycles. The molecule has 1 aliphatic heterocycles. The molecular formula is C13H15BrN4S. The molecule has 2 aliphatic rings. The third kappa shape index (κ3) is 2.26. The first-order valence-electron chi connectivity index (χ1n) is 6.67. The van der Waals surface area contributed by atoms with Gasteiger partial charge in [-0.1, -0.05) is 0 Å². The summed E-state index contributed by atoms with van der Waals surface area (Å²) in [4.78, 5) is 8.74. The third-order valence-corrected chi connectivity index (χ3v) is 5.43. The summed E-state index contributed by atoms with van der Waals surface area (Å²) in [5, 5.41) is 5.65. The molecule has 0 amide bonds. The second-order valence-corrected chi connectivity index (χ2v) is 7.40. The molecule has 0 spiro atoms. The monoisotopic (exact) mass is 338 g/mol. The van der Waals surface area contributed by atoms with E-state index in [2.05, 4.69) is 36.8 Å². The van der Waals surface area contributed by atoms with Crippen LogP contribution in [0.2, 0.25) is 0 Å². The second-order valence-electron chi connectivity index (χ2n) is 5.32. The molecule has 0 bridgehead atoms. The van der Waals surface area contributed by atoms with E-state index in [0.717, 1.165) is 24.1 Å². The first-order valence-corrected chi connectivity index (χ1v) is 8.28. The van der Waals surface area contributed by atoms with Gasteiger partial charge in [0, 0.05) is 24.2 Å². The summed E-state index contributed by atoms with van der Waals surface area (Å²) in [6.07, 6.45) is 7.65. The lowest BCUT2D eigenvalue weighted by atomic mass is 10.1. The normalized spacial score (nSPS) is 19.6. The van der Waals surface area contributed by atoms with E-state index in [1.165, 1.54) is 34.8 Å². The number of fused-ring (bicyclic) bond motifs is 1. The zero-order valence-electron chi connectivity index (χ0n) is 10.5. The molecule has 4 nitrogen and oxygen atoms in total. The van der Waals surface area contributed by atoms with Gasteiger partial charge in [-0.25, -0.2) is 4.98 Å². The van der Waals surface area contributed by atoms with E-state index < -0.39 is 0 Å². The Hall–Kier alpha value is -0.720. The van der Waals surface area contributed by atoms with Crippen LogP contribution in [-0.2, 0) is 19.4 Å². The van der Waals surface area contributed by atoms with Crippen LogP contribution in [0.4, 0.5) is 0 Å². The van der Waals surface area contributed by atoms with Crippen LogP contribution in [0.25, 0.3) is 0 Å². The Balaban J connectivity index is 1.36. The van der Waals surface area contributed by atoms with Gasteiger partial charge in [-0.3, -0.25) is 9.58 Å². The van der Waals surface area contributed by atoms with Crippen molar-refractivity contribution in [3.63, 3.8) is 0 Å². The fourth-order valence-corrected chi connectivity index (χ4v) is 4.36. The molecular weight excluding hydrogens is 324 g/mol. The van der Waals surface area contributed by atoms with Gasteiger partial charge in [0.15, 0.2) is 0 Å². The molecule has 1 aliphatic carbocycles. The minimum absolute atomic E-state index is 0.526. The Labute approximate surface area is 124 Å². The molecule has 0 saturated carbocycles. The van der Waals surface area contributed by atoms with E-state index in [1.54, 1.807) is 0 Å². The van der Waals surface area contributed by atoms with Crippen molar-refractivity contribution in [3.05, 3.63) is 32.4 Å². The molecule has 0 radical (unpaired) electrons. The molecule has 4 rings (SSSR count). The van der Waals surface area contributed by atoms with Crippen molar-refractivity contribution in [2.24, 2.45) is 0 Å². The summed E-state index contributed by atoms with van der Waals surface area (Å²) >= 11 is 5.36. The minimum atomic E-state index is 0.526. The quantitative estimate of drug-likeness (QED) is 0.862. The molecule has 19 heavy (non-hydrogen) atoms. The van der Waals surface area contributed by atoms with E-state index in [4.69, 9.17) is 4.98 Å². The molecule has 1 saturated heterocycles. The van der Waals surface area contributed by atoms with Crippen molar-refractivity contribution in [2.75, 3.05) is 13.1 Å². The topological polar surface area (TPSA) is 34.0 Å². The highest BCUT2D eigenvalue weighted by Gasteiger charge is 2.29. The Morgan fingerprint density at radius 3 is 3.00 bits per heavy atom. The number of hydrogen-bond donors (Lipinski definition) is 0. The van der Waals surface area contributed by atoms with Gasteiger partial charge in [0.05, 0.1) is 29.0 Å². The number of hydrogen-bond acceptors (Lipinski definition) is 4. The summed E-state index contributed by atoms with van der Waals surface area (Å²) < 4.78 is 3.12. The van der Waals surface area contributed by atoms with E-state index in [1.807, 2.05) is 17.5 Å². The maximum absolute atomic E-state index is 4.76. The van der Waals surface area contributed by atoms with Crippen LogP contribution >= 0.6 is 27.3 Å². The predicted octanol–water partition coefficient (Wildman–Crippen LogP) is 2.65. The number of nitrogens with zero attached hydrogens (tertiary/aromatic N) is 4. The van der Waals surface area contributed by atoms with Crippen molar-refractivity contribution >= 4 is 27.3 Å². The van der Waals surface area contributed by atoms with Gasteiger partial charge in [-0.2, -0.15) is 5.10 Å². The van der Waals surface area contributed by atoms with Crippen molar-refractivity contribution < 1.29 is 0 Å². The summed E-state index contributed by atoms with van der Waals surface area (Å²) in [7, 11) is 0. The summed E-state index contributed by atoms with van der Waals surface area (Å²) in [5.74, 6) is 0. The van der Waals surface area contributed by atoms with E-state index in [9.17, 15) is 0 Å². The van der Waals surface area contributed by atoms with Gasteiger partial charge in [0.2, 0.25) is 0 Å². The molecule has 1 fully saturated rings. The Bertz CT molecular complexity index is 578. The molecule has 100 valence electrons. The van der Waals surface area contributed by atoms with Crippen molar-refractivity contribution in [1.82, 2.24) is 19.7 Å². The van der Waals surface area contributed by atoms with Crippen LogP contribution in [0, 0.1) is 0 Å². The lowest BCUT2D eigenvalue weighted by Crippen LogP contribution is -2.47. The van der Waals surface area contributed by atoms with Gasteiger partial charge >= 0.3 is 0 Å². The first kappa shape index (κ1) is 12.1. The maximum Gasteiger partial charge on any atom is 0.107 e. The molecule has 0 unspecified atom stereocenters. The van der Waals surface area contributed by atoms with Crippen LogP contribution in [0.5, 0.6) is 0 Å². The van der Waals surface area contributed by atoms with Gasteiger partial charge in [0.25, 0.3) is 0 Å². The standard InChI is InChI=1S/C13H15BrN4S/c14-9-4-15-18(5-9)10-6-17(7-10)8-13-16-11-2-1-3-12(11)19-13/h4-5,10H,1-3,6-8H2. The number of likely N-dealkylation sites (tertiary alicyclic amines) is 1. The van der Waals surface area contributed by atoms with Crippen LogP contribution in [0.15, 0.2) is 16.9 Å². The van der Waals surface area contributed by atoms with Crippen molar-refractivity contribution in [3.8, 4) is 0 Å². The van der Waals surface area contributed by atoms with Gasteiger partial charge < -0.3 is 0 Å². The average Bonchev–Trinajstić information content (AvgIpc) is 2.97. The largest absolute Gasteiger partial charge is 0.292 e. The maximum atomic E-state index is 4.76. The first-order chi connectivity index (χ1) is 9.28. The Morgan fingerprint density at radius 1 is 1.37 bits per heavy atom. The Kier molecular flexibility index (Phi) is 2.97. The van der Waals surface area contributed by atoms with E-state index in [0.29, 0.717) is 6.04 Å². The third-order valence-electron chi connectivity index (χ3n) is 3.88. The molecule has 2 aromatic heterocycles. The highest BCUT2D eigenvalue weighted by atomic mass is 79.9. The second kappa shape index (κ2) is 4.68. The van der Waals surface area contributed by atoms with Crippen LogP contribution in [0.3, 0.4) is 0 Å². The van der Waals surface area contributed by atoms with Crippen LogP contribution in [-0.4, -0.2) is 32.8 Å². The molecule has 0 N–H and O–H groups in total. The fraction of sp³-hybridized carbons (Fsp3) is 0.538. The predicted molar refractivity (Wildman–Crippen MR) is 78.4 cm³/mol. The summed E-state index contributed by atoms with van der Waals surface area (Å²) in [5.41, 5.74) is 1.37. The molecule has 2 aromatic rings. The molecule has 6 heteroatoms. The average molecular weight is 339 g/mol. The Morgan fingerprint density at radius 2 is 2.26 bits per heavy atom. The lowest BCUT2D eigenvalue weighted by Gasteiger charge is -2.38. The smallest absolute Gasteiger partial charge is 0.107 e. The molecule has 0 aromatic carbocycles. The van der Waals surface area contributed by atoms with Gasteiger partial charge in [-0.05, 0) is 35.2 Å². The summed E-state index contributed by atoms with van der Waals surface area (Å²) in [6.45, 7) is 3.17. The van der Waals surface area contributed by atoms with Crippen molar-refractivity contribution in [1.29, 1.82) is 0 Å².